The summed E-state index contributed by atoms with van der Waals surface area (Å²) in [7, 11) is -3.54. The summed E-state index contributed by atoms with van der Waals surface area (Å²) in [5, 5.41) is 6.34. The SMILES string of the molecule is CCNC(=NCCCN(C(C)C)C(C)C)NCCNS(=O)(=O)c1cccnc1.I. The maximum Gasteiger partial charge on any atom is 0.242 e. The Bertz CT molecular complexity index is 675. The second kappa shape index (κ2) is 14.9. The first-order valence-corrected chi connectivity index (χ1v) is 11.4. The van der Waals surface area contributed by atoms with E-state index in [0.29, 0.717) is 31.1 Å². The molecule has 10 heteroatoms. The number of nitrogens with zero attached hydrogens (tertiary/aromatic N) is 3. The molecule has 1 heterocycles. The molecule has 0 saturated heterocycles. The highest BCUT2D eigenvalue weighted by atomic mass is 127. The first-order chi connectivity index (χ1) is 13.3. The average molecular weight is 541 g/mol. The molecule has 0 aliphatic rings. The zero-order valence-electron chi connectivity index (χ0n) is 18.2. The monoisotopic (exact) mass is 540 g/mol. The molecular weight excluding hydrogens is 503 g/mol. The van der Waals surface area contributed by atoms with Crippen molar-refractivity contribution in [2.45, 2.75) is 58.0 Å². The third kappa shape index (κ3) is 11.1. The van der Waals surface area contributed by atoms with Gasteiger partial charge in [-0.3, -0.25) is 14.9 Å². The Kier molecular flexibility index (Phi) is 14.4. The van der Waals surface area contributed by atoms with Crippen molar-refractivity contribution in [1.29, 1.82) is 0 Å². The van der Waals surface area contributed by atoms with Crippen molar-refractivity contribution in [2.24, 2.45) is 4.99 Å². The highest BCUT2D eigenvalue weighted by Gasteiger charge is 2.13. The Morgan fingerprint density at radius 2 is 1.86 bits per heavy atom. The smallest absolute Gasteiger partial charge is 0.242 e. The van der Waals surface area contributed by atoms with Gasteiger partial charge in [-0.15, -0.1) is 24.0 Å². The van der Waals surface area contributed by atoms with Crippen LogP contribution in [0, 0.1) is 0 Å². The standard InChI is InChI=1S/C19H36N6O2S.HI/c1-6-21-19(22-11-8-14-25(16(2)3)17(4)5)23-12-13-24-28(26,27)18-9-7-10-20-15-18;/h7,9-10,15-17,24H,6,8,11-14H2,1-5H3,(H2,21,22,23);1H. The lowest BCUT2D eigenvalue weighted by Crippen LogP contribution is -2.42. The van der Waals surface area contributed by atoms with Gasteiger partial charge in [0, 0.05) is 57.2 Å². The summed E-state index contributed by atoms with van der Waals surface area (Å²) in [4.78, 5) is 11.0. The molecule has 0 aliphatic heterocycles. The minimum atomic E-state index is -3.54. The van der Waals surface area contributed by atoms with E-state index >= 15 is 0 Å². The van der Waals surface area contributed by atoms with Crippen LogP contribution >= 0.6 is 24.0 Å². The summed E-state index contributed by atoms with van der Waals surface area (Å²) >= 11 is 0. The molecular formula is C19H37IN6O2S. The van der Waals surface area contributed by atoms with Crippen molar-refractivity contribution in [3.05, 3.63) is 24.5 Å². The molecule has 1 rings (SSSR count). The number of hydrogen-bond acceptors (Lipinski definition) is 5. The van der Waals surface area contributed by atoms with Crippen LogP contribution in [0.15, 0.2) is 34.4 Å². The first-order valence-electron chi connectivity index (χ1n) is 9.95. The van der Waals surface area contributed by atoms with E-state index in [1.54, 1.807) is 12.3 Å². The van der Waals surface area contributed by atoms with Gasteiger partial charge < -0.3 is 10.6 Å². The topological polar surface area (TPSA) is 98.7 Å². The molecule has 0 fully saturated rings. The third-order valence-corrected chi connectivity index (χ3v) is 5.62. The predicted molar refractivity (Wildman–Crippen MR) is 130 cm³/mol. The van der Waals surface area contributed by atoms with Crippen LogP contribution in [0.3, 0.4) is 0 Å². The van der Waals surface area contributed by atoms with Gasteiger partial charge in [0.05, 0.1) is 0 Å². The van der Waals surface area contributed by atoms with Crippen LogP contribution in [0.5, 0.6) is 0 Å². The Balaban J connectivity index is 0.00000784. The number of rotatable bonds is 12. The second-order valence-electron chi connectivity index (χ2n) is 7.05. The largest absolute Gasteiger partial charge is 0.357 e. The van der Waals surface area contributed by atoms with Crippen molar-refractivity contribution in [3.8, 4) is 0 Å². The predicted octanol–water partition coefficient (Wildman–Crippen LogP) is 2.04. The number of guanidine groups is 1. The number of sulfonamides is 1. The minimum Gasteiger partial charge on any atom is -0.357 e. The molecule has 1 aromatic rings. The van der Waals surface area contributed by atoms with Crippen molar-refractivity contribution in [3.63, 3.8) is 0 Å². The minimum absolute atomic E-state index is 0. The van der Waals surface area contributed by atoms with Crippen LogP contribution < -0.4 is 15.4 Å². The van der Waals surface area contributed by atoms with E-state index in [0.717, 1.165) is 19.5 Å². The molecule has 168 valence electrons. The maximum atomic E-state index is 12.2. The lowest BCUT2D eigenvalue weighted by Gasteiger charge is -2.30. The lowest BCUT2D eigenvalue weighted by atomic mass is 10.2. The van der Waals surface area contributed by atoms with E-state index in [1.807, 2.05) is 6.92 Å². The van der Waals surface area contributed by atoms with Crippen LogP contribution in [0.2, 0.25) is 0 Å². The summed E-state index contributed by atoms with van der Waals surface area (Å²) in [6.07, 6.45) is 3.85. The quantitative estimate of drug-likeness (QED) is 0.163. The van der Waals surface area contributed by atoms with E-state index in [1.165, 1.54) is 12.3 Å². The average Bonchev–Trinajstić information content (AvgIpc) is 2.65. The van der Waals surface area contributed by atoms with Gasteiger partial charge >= 0.3 is 0 Å². The van der Waals surface area contributed by atoms with Crippen LogP contribution in [0.1, 0.15) is 41.0 Å². The Morgan fingerprint density at radius 1 is 1.17 bits per heavy atom. The van der Waals surface area contributed by atoms with Crippen LogP contribution in [0.25, 0.3) is 0 Å². The van der Waals surface area contributed by atoms with Crippen LogP contribution in [-0.4, -0.2) is 69.1 Å². The normalized spacial score (nSPS) is 12.3. The van der Waals surface area contributed by atoms with Crippen molar-refractivity contribution < 1.29 is 8.42 Å². The van der Waals surface area contributed by atoms with Gasteiger partial charge in [0.15, 0.2) is 5.96 Å². The van der Waals surface area contributed by atoms with Crippen LogP contribution in [-0.2, 0) is 10.0 Å². The molecule has 0 aliphatic carbocycles. The zero-order valence-corrected chi connectivity index (χ0v) is 21.3. The molecule has 0 radical (unpaired) electrons. The molecule has 1 aromatic heterocycles. The molecule has 0 unspecified atom stereocenters. The van der Waals surface area contributed by atoms with Crippen LogP contribution in [0.4, 0.5) is 0 Å². The molecule has 0 aromatic carbocycles. The summed E-state index contributed by atoms with van der Waals surface area (Å²) in [6.45, 7) is 14.0. The lowest BCUT2D eigenvalue weighted by molar-refractivity contribution is 0.174. The van der Waals surface area contributed by atoms with Gasteiger partial charge in [0.25, 0.3) is 0 Å². The van der Waals surface area contributed by atoms with Gasteiger partial charge in [0.1, 0.15) is 4.90 Å². The van der Waals surface area contributed by atoms with Gasteiger partial charge in [-0.2, -0.15) is 0 Å². The molecule has 0 atom stereocenters. The zero-order chi connectivity index (χ0) is 21.0. The van der Waals surface area contributed by atoms with E-state index in [-0.39, 0.29) is 35.4 Å². The molecule has 8 nitrogen and oxygen atoms in total. The van der Waals surface area contributed by atoms with Crippen molar-refractivity contribution >= 4 is 40.0 Å². The number of aliphatic imine (C=N–C) groups is 1. The first kappa shape index (κ1) is 28.0. The molecule has 29 heavy (non-hydrogen) atoms. The fourth-order valence-electron chi connectivity index (χ4n) is 2.85. The van der Waals surface area contributed by atoms with Crippen molar-refractivity contribution in [2.75, 3.05) is 32.7 Å². The van der Waals surface area contributed by atoms with Gasteiger partial charge in [0.2, 0.25) is 10.0 Å². The summed E-state index contributed by atoms with van der Waals surface area (Å²) in [5.74, 6) is 0.698. The van der Waals surface area contributed by atoms with E-state index in [9.17, 15) is 8.42 Å². The number of nitrogens with one attached hydrogen (secondary N) is 3. The molecule has 3 N–H and O–H groups in total. The van der Waals surface area contributed by atoms with E-state index < -0.39 is 10.0 Å². The fraction of sp³-hybridized carbons (Fsp3) is 0.684. The molecule has 0 saturated carbocycles. The highest BCUT2D eigenvalue weighted by molar-refractivity contribution is 14.0. The Morgan fingerprint density at radius 3 is 2.41 bits per heavy atom. The highest BCUT2D eigenvalue weighted by Crippen LogP contribution is 2.06. The Hall–Kier alpha value is -0.980. The van der Waals surface area contributed by atoms with Gasteiger partial charge in [-0.05, 0) is 53.2 Å². The summed E-state index contributed by atoms with van der Waals surface area (Å²) < 4.78 is 26.9. The third-order valence-electron chi connectivity index (χ3n) is 4.17. The van der Waals surface area contributed by atoms with E-state index in [4.69, 9.17) is 0 Å². The molecule has 0 spiro atoms. The fourth-order valence-corrected chi connectivity index (χ4v) is 3.85. The van der Waals surface area contributed by atoms with Gasteiger partial charge in [-0.25, -0.2) is 13.1 Å². The van der Waals surface area contributed by atoms with E-state index in [2.05, 4.69) is 57.9 Å². The summed E-state index contributed by atoms with van der Waals surface area (Å²) in [6, 6.07) is 4.15. The molecule has 0 amide bonds. The number of halogens is 1. The maximum absolute atomic E-state index is 12.2. The summed E-state index contributed by atoms with van der Waals surface area (Å²) in [5.41, 5.74) is 0. The number of aromatic nitrogens is 1. The number of hydrogen-bond donors (Lipinski definition) is 3. The van der Waals surface area contributed by atoms with Gasteiger partial charge in [-0.1, -0.05) is 0 Å². The second-order valence-corrected chi connectivity index (χ2v) is 8.82. The number of pyridine rings is 1. The van der Waals surface area contributed by atoms with Crippen molar-refractivity contribution in [1.82, 2.24) is 25.2 Å². The molecule has 0 bridgehead atoms. The Labute approximate surface area is 193 Å².